The number of ether oxygens (including phenoxy) is 1. The Morgan fingerprint density at radius 1 is 1.30 bits per heavy atom. The second kappa shape index (κ2) is 5.19. The number of piperidine rings is 1. The van der Waals surface area contributed by atoms with E-state index in [1.165, 1.54) is 5.56 Å². The van der Waals surface area contributed by atoms with Crippen molar-refractivity contribution >= 4 is 5.91 Å². The van der Waals surface area contributed by atoms with E-state index in [9.17, 15) is 4.79 Å². The summed E-state index contributed by atoms with van der Waals surface area (Å²) in [5.41, 5.74) is 9.15. The molecule has 3 rings (SSSR count). The lowest BCUT2D eigenvalue weighted by Crippen LogP contribution is -2.44. The van der Waals surface area contributed by atoms with Crippen LogP contribution in [0.15, 0.2) is 18.2 Å². The third-order valence-electron chi connectivity index (χ3n) is 4.72. The molecule has 0 radical (unpaired) electrons. The molecular weight excluding hydrogens is 252 g/mol. The van der Waals surface area contributed by atoms with Crippen molar-refractivity contribution < 1.29 is 9.53 Å². The number of nitrogens with zero attached hydrogens (tertiary/aromatic N) is 1. The first kappa shape index (κ1) is 13.6. The fourth-order valence-corrected chi connectivity index (χ4v) is 2.94. The third-order valence-corrected chi connectivity index (χ3v) is 4.72. The standard InChI is InChI=1S/C16H22N2O2/c1-16(11-17)4-6-18(7-5-16)15(19)12-2-3-13-9-20-10-14(13)8-12/h2-3,8H,4-7,9-11,17H2,1H3. The van der Waals surface area contributed by atoms with Crippen LogP contribution in [0, 0.1) is 5.41 Å². The van der Waals surface area contributed by atoms with Crippen LogP contribution in [0.2, 0.25) is 0 Å². The molecular formula is C16H22N2O2. The first-order valence-corrected chi connectivity index (χ1v) is 7.30. The van der Waals surface area contributed by atoms with Crippen molar-refractivity contribution in [1.82, 2.24) is 4.90 Å². The minimum Gasteiger partial charge on any atom is -0.372 e. The molecule has 1 aromatic carbocycles. The summed E-state index contributed by atoms with van der Waals surface area (Å²) in [6, 6.07) is 5.93. The highest BCUT2D eigenvalue weighted by molar-refractivity contribution is 5.94. The van der Waals surface area contributed by atoms with Crippen LogP contribution in [0.25, 0.3) is 0 Å². The molecule has 0 bridgehead atoms. The van der Waals surface area contributed by atoms with E-state index in [-0.39, 0.29) is 11.3 Å². The maximum atomic E-state index is 12.6. The molecule has 1 fully saturated rings. The molecule has 4 nitrogen and oxygen atoms in total. The topological polar surface area (TPSA) is 55.6 Å². The van der Waals surface area contributed by atoms with Gasteiger partial charge in [0.2, 0.25) is 0 Å². The molecule has 0 aromatic heterocycles. The predicted molar refractivity (Wildman–Crippen MR) is 77.2 cm³/mol. The summed E-state index contributed by atoms with van der Waals surface area (Å²) in [4.78, 5) is 14.5. The molecule has 2 heterocycles. The van der Waals surface area contributed by atoms with Crippen LogP contribution in [0.5, 0.6) is 0 Å². The Labute approximate surface area is 119 Å². The second-order valence-electron chi connectivity index (χ2n) is 6.28. The predicted octanol–water partition coefficient (Wildman–Crippen LogP) is 1.92. The van der Waals surface area contributed by atoms with Gasteiger partial charge < -0.3 is 15.4 Å². The number of benzene rings is 1. The van der Waals surface area contributed by atoms with E-state index in [4.69, 9.17) is 10.5 Å². The van der Waals surface area contributed by atoms with Crippen molar-refractivity contribution in [3.05, 3.63) is 34.9 Å². The van der Waals surface area contributed by atoms with Crippen LogP contribution < -0.4 is 5.73 Å². The summed E-state index contributed by atoms with van der Waals surface area (Å²) in [5.74, 6) is 0.138. The summed E-state index contributed by atoms with van der Waals surface area (Å²) in [6.45, 7) is 5.82. The average Bonchev–Trinajstić information content (AvgIpc) is 2.94. The monoisotopic (exact) mass is 274 g/mol. The molecule has 108 valence electrons. The second-order valence-corrected chi connectivity index (χ2v) is 6.28. The molecule has 1 amide bonds. The fourth-order valence-electron chi connectivity index (χ4n) is 2.94. The normalized spacial score (nSPS) is 20.8. The van der Waals surface area contributed by atoms with Gasteiger partial charge in [-0.05, 0) is 48.1 Å². The lowest BCUT2D eigenvalue weighted by atomic mass is 9.80. The first-order valence-electron chi connectivity index (χ1n) is 7.30. The van der Waals surface area contributed by atoms with Gasteiger partial charge in [0.15, 0.2) is 0 Å². The van der Waals surface area contributed by atoms with Gasteiger partial charge in [-0.1, -0.05) is 13.0 Å². The van der Waals surface area contributed by atoms with Crippen LogP contribution >= 0.6 is 0 Å². The highest BCUT2D eigenvalue weighted by Gasteiger charge is 2.31. The van der Waals surface area contributed by atoms with Gasteiger partial charge in [-0.2, -0.15) is 0 Å². The molecule has 0 saturated carbocycles. The Bertz CT molecular complexity index is 519. The molecule has 2 aliphatic rings. The minimum atomic E-state index is 0.138. The first-order chi connectivity index (χ1) is 9.61. The Balaban J connectivity index is 1.71. The zero-order chi connectivity index (χ0) is 14.2. The van der Waals surface area contributed by atoms with Crippen molar-refractivity contribution in [3.8, 4) is 0 Å². The number of amides is 1. The van der Waals surface area contributed by atoms with Gasteiger partial charge in [-0.25, -0.2) is 0 Å². The minimum absolute atomic E-state index is 0.138. The van der Waals surface area contributed by atoms with Gasteiger partial charge in [-0.3, -0.25) is 4.79 Å². The summed E-state index contributed by atoms with van der Waals surface area (Å²) in [5, 5.41) is 0. The number of hydrogen-bond donors (Lipinski definition) is 1. The average molecular weight is 274 g/mol. The van der Waals surface area contributed by atoms with E-state index >= 15 is 0 Å². The molecule has 0 spiro atoms. The van der Waals surface area contributed by atoms with Crippen molar-refractivity contribution in [2.75, 3.05) is 19.6 Å². The van der Waals surface area contributed by atoms with Gasteiger partial charge in [0.25, 0.3) is 5.91 Å². The van der Waals surface area contributed by atoms with E-state index in [2.05, 4.69) is 6.92 Å². The lowest BCUT2D eigenvalue weighted by Gasteiger charge is -2.38. The van der Waals surface area contributed by atoms with Crippen molar-refractivity contribution in [3.63, 3.8) is 0 Å². The molecule has 0 aliphatic carbocycles. The Hall–Kier alpha value is -1.39. The number of fused-ring (bicyclic) bond motifs is 1. The summed E-state index contributed by atoms with van der Waals surface area (Å²) in [6.07, 6.45) is 1.98. The molecule has 4 heteroatoms. The van der Waals surface area contributed by atoms with E-state index in [1.54, 1.807) is 0 Å². The number of hydrogen-bond acceptors (Lipinski definition) is 3. The van der Waals surface area contributed by atoms with E-state index < -0.39 is 0 Å². The molecule has 1 saturated heterocycles. The Morgan fingerprint density at radius 2 is 2.00 bits per heavy atom. The number of carbonyl (C=O) groups excluding carboxylic acids is 1. The van der Waals surface area contributed by atoms with Crippen molar-refractivity contribution in [2.24, 2.45) is 11.1 Å². The van der Waals surface area contributed by atoms with Crippen LogP contribution in [-0.4, -0.2) is 30.4 Å². The number of carbonyl (C=O) groups is 1. The van der Waals surface area contributed by atoms with Crippen molar-refractivity contribution in [1.29, 1.82) is 0 Å². The molecule has 20 heavy (non-hydrogen) atoms. The molecule has 0 unspecified atom stereocenters. The van der Waals surface area contributed by atoms with Gasteiger partial charge in [0.05, 0.1) is 13.2 Å². The molecule has 2 N–H and O–H groups in total. The maximum absolute atomic E-state index is 12.6. The van der Waals surface area contributed by atoms with Crippen molar-refractivity contribution in [2.45, 2.75) is 33.0 Å². The van der Waals surface area contributed by atoms with Crippen LogP contribution in [0.1, 0.15) is 41.3 Å². The summed E-state index contributed by atoms with van der Waals surface area (Å²) >= 11 is 0. The molecule has 1 aromatic rings. The van der Waals surface area contributed by atoms with E-state index in [1.807, 2.05) is 23.1 Å². The zero-order valence-electron chi connectivity index (χ0n) is 12.0. The quantitative estimate of drug-likeness (QED) is 0.896. The summed E-state index contributed by atoms with van der Waals surface area (Å²) in [7, 11) is 0. The van der Waals surface area contributed by atoms with E-state index in [0.29, 0.717) is 19.8 Å². The highest BCUT2D eigenvalue weighted by atomic mass is 16.5. The largest absolute Gasteiger partial charge is 0.372 e. The third kappa shape index (κ3) is 2.45. The maximum Gasteiger partial charge on any atom is 0.253 e. The van der Waals surface area contributed by atoms with Crippen LogP contribution in [0.3, 0.4) is 0 Å². The van der Waals surface area contributed by atoms with Gasteiger partial charge >= 0.3 is 0 Å². The zero-order valence-corrected chi connectivity index (χ0v) is 12.0. The SMILES string of the molecule is CC1(CN)CCN(C(=O)c2ccc3c(c2)COC3)CC1. The van der Waals surface area contributed by atoms with Crippen LogP contribution in [-0.2, 0) is 18.0 Å². The van der Waals surface area contributed by atoms with Gasteiger partial charge in [0.1, 0.15) is 0 Å². The van der Waals surface area contributed by atoms with E-state index in [0.717, 1.165) is 37.1 Å². The Morgan fingerprint density at radius 3 is 2.70 bits per heavy atom. The van der Waals surface area contributed by atoms with Gasteiger partial charge in [-0.15, -0.1) is 0 Å². The number of rotatable bonds is 2. The lowest BCUT2D eigenvalue weighted by molar-refractivity contribution is 0.0617. The van der Waals surface area contributed by atoms with Gasteiger partial charge in [0, 0.05) is 18.7 Å². The highest BCUT2D eigenvalue weighted by Crippen LogP contribution is 2.30. The smallest absolute Gasteiger partial charge is 0.253 e. The molecule has 0 atom stereocenters. The molecule has 2 aliphatic heterocycles. The number of likely N-dealkylation sites (tertiary alicyclic amines) is 1. The number of nitrogens with two attached hydrogens (primary N) is 1. The summed E-state index contributed by atoms with van der Waals surface area (Å²) < 4.78 is 5.40. The fraction of sp³-hybridized carbons (Fsp3) is 0.562. The van der Waals surface area contributed by atoms with Crippen LogP contribution in [0.4, 0.5) is 0 Å². The Kier molecular flexibility index (Phi) is 3.52.